The number of hydrogen-bond acceptors (Lipinski definition) is 6. The molecule has 9 heteroatoms. The van der Waals surface area contributed by atoms with Crippen molar-refractivity contribution in [2.24, 2.45) is 0 Å². The van der Waals surface area contributed by atoms with Crippen LogP contribution in [-0.2, 0) is 6.42 Å². The molecule has 0 fully saturated rings. The molecular formula is C26H27ClN4O4. The van der Waals surface area contributed by atoms with Gasteiger partial charge in [-0.3, -0.25) is 4.79 Å². The summed E-state index contributed by atoms with van der Waals surface area (Å²) in [6.45, 7) is 4.13. The van der Waals surface area contributed by atoms with Gasteiger partial charge in [0.1, 0.15) is 0 Å². The fourth-order valence-corrected chi connectivity index (χ4v) is 4.30. The van der Waals surface area contributed by atoms with E-state index >= 15 is 0 Å². The van der Waals surface area contributed by atoms with Crippen molar-refractivity contribution in [3.05, 3.63) is 70.0 Å². The van der Waals surface area contributed by atoms with Gasteiger partial charge in [-0.15, -0.1) is 0 Å². The SMILES string of the molecule is COc1cc(CCNC(=O)c2cc(C)nc3c2c(C)nn3-c2ccccc2Cl)cc(OC)c1OC. The second-order valence-electron chi connectivity index (χ2n) is 8.00. The Balaban J connectivity index is 1.60. The molecule has 2 aromatic heterocycles. The number of aryl methyl sites for hydroxylation is 2. The van der Waals surface area contributed by atoms with Crippen LogP contribution in [0.3, 0.4) is 0 Å². The van der Waals surface area contributed by atoms with Gasteiger partial charge in [-0.1, -0.05) is 23.7 Å². The van der Waals surface area contributed by atoms with Crippen molar-refractivity contribution in [1.82, 2.24) is 20.1 Å². The lowest BCUT2D eigenvalue weighted by Gasteiger charge is -2.14. The number of pyridine rings is 1. The first-order valence-electron chi connectivity index (χ1n) is 11.1. The van der Waals surface area contributed by atoms with E-state index in [4.69, 9.17) is 25.8 Å². The standard InChI is InChI=1S/C26H27ClN4O4/c1-15-12-18(23-16(2)30-31(25(23)29-15)20-9-7-6-8-19(20)27)26(32)28-11-10-17-13-21(33-3)24(35-5)22(14-17)34-4/h6-9,12-14H,10-11H2,1-5H3,(H,28,32). The van der Waals surface area contributed by atoms with E-state index in [1.165, 1.54) is 0 Å². The molecule has 0 aliphatic carbocycles. The van der Waals surface area contributed by atoms with Crippen LogP contribution < -0.4 is 19.5 Å². The minimum atomic E-state index is -0.199. The summed E-state index contributed by atoms with van der Waals surface area (Å²) in [6, 6.07) is 12.9. The molecule has 0 unspecified atom stereocenters. The number of carbonyl (C=O) groups is 1. The Labute approximate surface area is 208 Å². The smallest absolute Gasteiger partial charge is 0.252 e. The third-order valence-corrected chi connectivity index (χ3v) is 6.01. The number of methoxy groups -OCH3 is 3. The van der Waals surface area contributed by atoms with Crippen LogP contribution in [-0.4, -0.2) is 48.5 Å². The highest BCUT2D eigenvalue weighted by molar-refractivity contribution is 6.32. The third kappa shape index (κ3) is 4.74. The van der Waals surface area contributed by atoms with Crippen molar-refractivity contribution < 1.29 is 19.0 Å². The molecular weight excluding hydrogens is 468 g/mol. The molecule has 35 heavy (non-hydrogen) atoms. The van der Waals surface area contributed by atoms with E-state index in [1.54, 1.807) is 38.1 Å². The third-order valence-electron chi connectivity index (χ3n) is 5.69. The summed E-state index contributed by atoms with van der Waals surface area (Å²) in [5, 5.41) is 8.90. The van der Waals surface area contributed by atoms with Crippen LogP contribution in [0.15, 0.2) is 42.5 Å². The van der Waals surface area contributed by atoms with Crippen molar-refractivity contribution in [3.63, 3.8) is 0 Å². The van der Waals surface area contributed by atoms with Gasteiger partial charge in [-0.25, -0.2) is 9.67 Å². The second-order valence-corrected chi connectivity index (χ2v) is 8.41. The zero-order valence-corrected chi connectivity index (χ0v) is 21.1. The van der Waals surface area contributed by atoms with Gasteiger partial charge in [0.2, 0.25) is 5.75 Å². The molecule has 1 N–H and O–H groups in total. The first-order valence-corrected chi connectivity index (χ1v) is 11.4. The Bertz CT molecular complexity index is 1370. The van der Waals surface area contributed by atoms with Gasteiger partial charge in [0.05, 0.1) is 48.7 Å². The molecule has 0 bridgehead atoms. The molecule has 4 aromatic rings. The van der Waals surface area contributed by atoms with Crippen molar-refractivity contribution >= 4 is 28.5 Å². The number of para-hydroxylation sites is 1. The first kappa shape index (κ1) is 24.3. The molecule has 182 valence electrons. The number of nitrogens with one attached hydrogen (secondary N) is 1. The highest BCUT2D eigenvalue weighted by Crippen LogP contribution is 2.38. The molecule has 0 saturated heterocycles. The van der Waals surface area contributed by atoms with Crippen LogP contribution in [0.4, 0.5) is 0 Å². The minimum absolute atomic E-state index is 0.199. The normalized spacial score (nSPS) is 10.9. The maximum atomic E-state index is 13.2. The molecule has 0 saturated carbocycles. The molecule has 8 nitrogen and oxygen atoms in total. The highest BCUT2D eigenvalue weighted by atomic mass is 35.5. The van der Waals surface area contributed by atoms with Crippen LogP contribution in [0.25, 0.3) is 16.7 Å². The number of fused-ring (bicyclic) bond motifs is 1. The molecule has 0 atom stereocenters. The number of carbonyl (C=O) groups excluding carboxylic acids is 1. The molecule has 4 rings (SSSR count). The maximum Gasteiger partial charge on any atom is 0.252 e. The van der Waals surface area contributed by atoms with Gasteiger partial charge in [0.25, 0.3) is 5.91 Å². The van der Waals surface area contributed by atoms with E-state index in [9.17, 15) is 4.79 Å². The monoisotopic (exact) mass is 494 g/mol. The van der Waals surface area contributed by atoms with Gasteiger partial charge in [0, 0.05) is 12.2 Å². The molecule has 1 amide bonds. The summed E-state index contributed by atoms with van der Waals surface area (Å²) >= 11 is 6.41. The maximum absolute atomic E-state index is 13.2. The number of aromatic nitrogens is 3. The van der Waals surface area contributed by atoms with Crippen molar-refractivity contribution in [2.45, 2.75) is 20.3 Å². The predicted octanol–water partition coefficient (Wildman–Crippen LogP) is 4.69. The van der Waals surface area contributed by atoms with Gasteiger partial charge < -0.3 is 19.5 Å². The van der Waals surface area contributed by atoms with E-state index in [2.05, 4.69) is 15.4 Å². The number of nitrogens with zero attached hydrogens (tertiary/aromatic N) is 3. The number of benzene rings is 2. The molecule has 0 aliphatic heterocycles. The molecule has 0 spiro atoms. The summed E-state index contributed by atoms with van der Waals surface area (Å²) in [6.07, 6.45) is 0.577. The van der Waals surface area contributed by atoms with E-state index in [0.29, 0.717) is 68.9 Å². The van der Waals surface area contributed by atoms with Crippen LogP contribution >= 0.6 is 11.6 Å². The topological polar surface area (TPSA) is 87.5 Å². The predicted molar refractivity (Wildman–Crippen MR) is 135 cm³/mol. The molecule has 2 heterocycles. The lowest BCUT2D eigenvalue weighted by molar-refractivity contribution is 0.0955. The van der Waals surface area contributed by atoms with Gasteiger partial charge >= 0.3 is 0 Å². The number of amides is 1. The van der Waals surface area contributed by atoms with Crippen molar-refractivity contribution in [2.75, 3.05) is 27.9 Å². The number of rotatable bonds is 8. The fourth-order valence-electron chi connectivity index (χ4n) is 4.08. The van der Waals surface area contributed by atoms with Gasteiger partial charge in [-0.2, -0.15) is 5.10 Å². The first-order chi connectivity index (χ1) is 16.9. The fraction of sp³-hybridized carbons (Fsp3) is 0.269. The van der Waals surface area contributed by atoms with Gasteiger partial charge in [0.15, 0.2) is 17.1 Å². The largest absolute Gasteiger partial charge is 0.493 e. The lowest BCUT2D eigenvalue weighted by Crippen LogP contribution is -2.26. The second kappa shape index (κ2) is 10.2. The summed E-state index contributed by atoms with van der Waals surface area (Å²) in [7, 11) is 4.71. The Morgan fingerprint density at radius 3 is 2.34 bits per heavy atom. The lowest BCUT2D eigenvalue weighted by atomic mass is 10.1. The van der Waals surface area contributed by atoms with Crippen LogP contribution in [0.5, 0.6) is 17.2 Å². The van der Waals surface area contributed by atoms with Crippen LogP contribution in [0.2, 0.25) is 5.02 Å². The molecule has 2 aromatic carbocycles. The quantitative estimate of drug-likeness (QED) is 0.382. The summed E-state index contributed by atoms with van der Waals surface area (Å²) < 4.78 is 17.9. The average Bonchev–Trinajstić information content (AvgIpc) is 3.18. The molecule has 0 radical (unpaired) electrons. The van der Waals surface area contributed by atoms with Crippen LogP contribution in [0, 0.1) is 13.8 Å². The Morgan fingerprint density at radius 2 is 1.71 bits per heavy atom. The van der Waals surface area contributed by atoms with Crippen molar-refractivity contribution in [3.8, 4) is 22.9 Å². The summed E-state index contributed by atoms with van der Waals surface area (Å²) in [4.78, 5) is 17.9. The van der Waals surface area contributed by atoms with E-state index in [-0.39, 0.29) is 5.91 Å². The Morgan fingerprint density at radius 1 is 1.03 bits per heavy atom. The Kier molecular flexibility index (Phi) is 7.12. The number of ether oxygens (including phenoxy) is 3. The zero-order chi connectivity index (χ0) is 25.1. The van der Waals surface area contributed by atoms with Gasteiger partial charge in [-0.05, 0) is 56.2 Å². The zero-order valence-electron chi connectivity index (χ0n) is 20.3. The number of halogens is 1. The summed E-state index contributed by atoms with van der Waals surface area (Å²) in [5.74, 6) is 1.47. The Hall–Kier alpha value is -3.78. The minimum Gasteiger partial charge on any atom is -0.493 e. The van der Waals surface area contributed by atoms with E-state index in [1.807, 2.05) is 44.2 Å². The highest BCUT2D eigenvalue weighted by Gasteiger charge is 2.20. The van der Waals surface area contributed by atoms with E-state index < -0.39 is 0 Å². The summed E-state index contributed by atoms with van der Waals surface area (Å²) in [5.41, 5.74) is 4.17. The van der Waals surface area contributed by atoms with Crippen molar-refractivity contribution in [1.29, 1.82) is 0 Å². The molecule has 0 aliphatic rings. The average molecular weight is 495 g/mol. The van der Waals surface area contributed by atoms with E-state index in [0.717, 1.165) is 5.56 Å². The van der Waals surface area contributed by atoms with Crippen LogP contribution in [0.1, 0.15) is 27.3 Å². The number of hydrogen-bond donors (Lipinski definition) is 1.